The van der Waals surface area contributed by atoms with Crippen LogP contribution in [0.25, 0.3) is 22.0 Å². The molecular weight excluding hydrogens is 642 g/mol. The second-order valence-corrected chi connectivity index (χ2v) is 12.6. The van der Waals surface area contributed by atoms with Crippen LogP contribution >= 0.6 is 0 Å². The number of halogens is 2. The average molecular weight is 677 g/mol. The number of fused-ring (bicyclic) bond motifs is 1. The Morgan fingerprint density at radius 1 is 0.917 bits per heavy atom. The van der Waals surface area contributed by atoms with Gasteiger partial charge in [0, 0.05) is 35.3 Å². The van der Waals surface area contributed by atoms with Crippen molar-refractivity contribution < 1.29 is 31.5 Å². The fraction of sp³-hybridized carbons (Fsp3) is 0.235. The van der Waals surface area contributed by atoms with Gasteiger partial charge >= 0.3 is 0 Å². The molecule has 0 spiro atoms. The first kappa shape index (κ1) is 34.0. The molecule has 1 amide bonds. The van der Waals surface area contributed by atoms with Crippen LogP contribution in [0.15, 0.2) is 78.1 Å². The number of pyridine rings is 1. The fourth-order valence-corrected chi connectivity index (χ4v) is 6.13. The minimum Gasteiger partial charge on any atom is -0.491 e. The van der Waals surface area contributed by atoms with Gasteiger partial charge < -0.3 is 20.5 Å². The molecule has 0 aliphatic rings. The standard InChI is InChI=1S/C34H34F2N6O5S/c1-21-25-15-22(23-16-29(34(46-2)38-19-23)42-48(44,45)31-13-12-24(35)18-26(31)36)17-30(33(25)40-20-39-21)47-14-8-4-3-5-11-32(43)41-28-10-7-6-9-27(28)37/h6-7,9-10,12-13,15-20,42H,3-5,8,11,14,37H2,1-2H3,(H,41,43). The van der Waals surface area contributed by atoms with Crippen molar-refractivity contribution in [2.24, 2.45) is 0 Å². The Bertz CT molecular complexity index is 2060. The quantitative estimate of drug-likeness (QED) is 0.0866. The molecule has 3 aromatic carbocycles. The van der Waals surface area contributed by atoms with E-state index in [1.807, 2.05) is 25.1 Å². The topological polar surface area (TPSA) is 158 Å². The van der Waals surface area contributed by atoms with Crippen molar-refractivity contribution in [3.63, 3.8) is 0 Å². The van der Waals surface area contributed by atoms with E-state index in [9.17, 15) is 22.0 Å². The Morgan fingerprint density at radius 3 is 2.48 bits per heavy atom. The number of unbranched alkanes of at least 4 members (excludes halogenated alkanes) is 3. The van der Waals surface area contributed by atoms with Crippen LogP contribution in [0.3, 0.4) is 0 Å². The maximum Gasteiger partial charge on any atom is 0.264 e. The van der Waals surface area contributed by atoms with Crippen LogP contribution < -0.4 is 25.2 Å². The van der Waals surface area contributed by atoms with Crippen LogP contribution in [0.4, 0.5) is 25.8 Å². The molecule has 5 rings (SSSR count). The number of hydrogen-bond donors (Lipinski definition) is 3. The number of nitrogens with two attached hydrogens (primary N) is 1. The van der Waals surface area contributed by atoms with Crippen molar-refractivity contribution in [2.75, 3.05) is 29.5 Å². The average Bonchev–Trinajstić information content (AvgIpc) is 3.05. The molecule has 11 nitrogen and oxygen atoms in total. The molecule has 0 fully saturated rings. The van der Waals surface area contributed by atoms with Gasteiger partial charge in [0.15, 0.2) is 0 Å². The number of hydrogen-bond acceptors (Lipinski definition) is 9. The van der Waals surface area contributed by atoms with Gasteiger partial charge in [0.1, 0.15) is 39.8 Å². The van der Waals surface area contributed by atoms with E-state index in [0.29, 0.717) is 65.0 Å². The van der Waals surface area contributed by atoms with Crippen molar-refractivity contribution >= 4 is 43.9 Å². The maximum atomic E-state index is 14.4. The summed E-state index contributed by atoms with van der Waals surface area (Å²) in [4.78, 5) is 24.5. The van der Waals surface area contributed by atoms with E-state index >= 15 is 0 Å². The smallest absolute Gasteiger partial charge is 0.264 e. The van der Waals surface area contributed by atoms with Gasteiger partial charge in [-0.25, -0.2) is 32.2 Å². The monoisotopic (exact) mass is 676 g/mol. The Labute approximate surface area is 276 Å². The van der Waals surface area contributed by atoms with Crippen LogP contribution in [0.2, 0.25) is 0 Å². The molecule has 0 unspecified atom stereocenters. The van der Waals surface area contributed by atoms with Crippen LogP contribution in [0.1, 0.15) is 37.8 Å². The number of rotatable bonds is 14. The van der Waals surface area contributed by atoms with Crippen LogP contribution in [0, 0.1) is 18.6 Å². The highest BCUT2D eigenvalue weighted by Gasteiger charge is 2.23. The summed E-state index contributed by atoms with van der Waals surface area (Å²) in [5, 5.41) is 3.56. The molecule has 0 radical (unpaired) electrons. The van der Waals surface area contributed by atoms with Crippen molar-refractivity contribution in [2.45, 2.75) is 43.9 Å². The molecule has 2 heterocycles. The predicted octanol–water partition coefficient (Wildman–Crippen LogP) is 6.64. The molecule has 0 aliphatic carbocycles. The lowest BCUT2D eigenvalue weighted by molar-refractivity contribution is -0.116. The molecular formula is C34H34F2N6O5S. The summed E-state index contributed by atoms with van der Waals surface area (Å²) in [5.41, 5.74) is 9.40. The molecule has 48 heavy (non-hydrogen) atoms. The highest BCUT2D eigenvalue weighted by molar-refractivity contribution is 7.92. The number of nitrogen functional groups attached to an aromatic ring is 1. The van der Waals surface area contributed by atoms with Gasteiger partial charge in [0.2, 0.25) is 11.8 Å². The number of para-hydroxylation sites is 2. The fourth-order valence-electron chi connectivity index (χ4n) is 5.02. The Balaban J connectivity index is 1.28. The minimum absolute atomic E-state index is 0.0525. The van der Waals surface area contributed by atoms with E-state index in [2.05, 4.69) is 25.0 Å². The maximum absolute atomic E-state index is 14.4. The number of amides is 1. The summed E-state index contributed by atoms with van der Waals surface area (Å²) < 4.78 is 67.6. The largest absolute Gasteiger partial charge is 0.491 e. The normalized spacial score (nSPS) is 11.3. The van der Waals surface area contributed by atoms with E-state index in [1.165, 1.54) is 25.7 Å². The molecule has 0 atom stereocenters. The lowest BCUT2D eigenvalue weighted by atomic mass is 10.0. The zero-order valence-corrected chi connectivity index (χ0v) is 27.1. The lowest BCUT2D eigenvalue weighted by Crippen LogP contribution is -2.15. The van der Waals surface area contributed by atoms with Crippen molar-refractivity contribution in [1.82, 2.24) is 15.0 Å². The van der Waals surface area contributed by atoms with Gasteiger partial charge in [0.05, 0.1) is 25.1 Å². The summed E-state index contributed by atoms with van der Waals surface area (Å²) in [6.45, 7) is 2.23. The van der Waals surface area contributed by atoms with Gasteiger partial charge in [-0.2, -0.15) is 0 Å². The minimum atomic E-state index is -4.47. The lowest BCUT2D eigenvalue weighted by Gasteiger charge is -2.15. The van der Waals surface area contributed by atoms with Crippen LogP contribution in [0.5, 0.6) is 11.6 Å². The summed E-state index contributed by atoms with van der Waals surface area (Å²) >= 11 is 0. The summed E-state index contributed by atoms with van der Waals surface area (Å²) in [6.07, 6.45) is 6.46. The van der Waals surface area contributed by atoms with Gasteiger partial charge in [-0.1, -0.05) is 25.0 Å². The van der Waals surface area contributed by atoms with Gasteiger partial charge in [0.25, 0.3) is 10.0 Å². The number of aryl methyl sites for hydroxylation is 1. The first-order chi connectivity index (χ1) is 23.1. The van der Waals surface area contributed by atoms with Gasteiger partial charge in [-0.15, -0.1) is 0 Å². The number of benzene rings is 3. The van der Waals surface area contributed by atoms with Crippen LogP contribution in [-0.4, -0.2) is 43.0 Å². The first-order valence-electron chi connectivity index (χ1n) is 15.1. The number of nitrogens with zero attached hydrogens (tertiary/aromatic N) is 3. The number of nitrogens with one attached hydrogen (secondary N) is 2. The third kappa shape index (κ3) is 8.12. The number of aromatic nitrogens is 3. The molecule has 5 aromatic rings. The molecule has 250 valence electrons. The van der Waals surface area contributed by atoms with E-state index < -0.39 is 26.6 Å². The molecule has 0 saturated carbocycles. The zero-order chi connectivity index (χ0) is 34.3. The second kappa shape index (κ2) is 15.0. The summed E-state index contributed by atoms with van der Waals surface area (Å²) in [5.74, 6) is -1.79. The third-order valence-electron chi connectivity index (χ3n) is 7.50. The SMILES string of the molecule is COc1ncc(-c2cc(OCCCCCCC(=O)Nc3ccccc3N)c3ncnc(C)c3c2)cc1NS(=O)(=O)c1ccc(F)cc1F. The molecule has 2 aromatic heterocycles. The number of carbonyl (C=O) groups excluding carboxylic acids is 1. The molecule has 0 aliphatic heterocycles. The Hall–Kier alpha value is -5.37. The number of ether oxygens (including phenoxy) is 2. The highest BCUT2D eigenvalue weighted by Crippen LogP contribution is 2.36. The summed E-state index contributed by atoms with van der Waals surface area (Å²) in [7, 11) is -3.15. The van der Waals surface area contributed by atoms with E-state index in [1.54, 1.807) is 18.2 Å². The van der Waals surface area contributed by atoms with E-state index in [0.717, 1.165) is 36.8 Å². The van der Waals surface area contributed by atoms with Crippen LogP contribution in [-0.2, 0) is 14.8 Å². The molecule has 4 N–H and O–H groups in total. The number of methoxy groups -OCH3 is 1. The Morgan fingerprint density at radius 2 is 1.71 bits per heavy atom. The molecule has 0 saturated heterocycles. The van der Waals surface area contributed by atoms with Crippen molar-refractivity contribution in [3.8, 4) is 22.8 Å². The highest BCUT2D eigenvalue weighted by atomic mass is 32.2. The summed E-state index contributed by atoms with van der Waals surface area (Å²) in [6, 6.07) is 14.4. The third-order valence-corrected chi connectivity index (χ3v) is 8.90. The number of sulfonamides is 1. The van der Waals surface area contributed by atoms with E-state index in [4.69, 9.17) is 15.2 Å². The number of carbonyl (C=O) groups is 1. The zero-order valence-electron chi connectivity index (χ0n) is 26.3. The first-order valence-corrected chi connectivity index (χ1v) is 16.6. The Kier molecular flexibility index (Phi) is 10.6. The van der Waals surface area contributed by atoms with Crippen molar-refractivity contribution in [3.05, 3.63) is 90.5 Å². The van der Waals surface area contributed by atoms with Gasteiger partial charge in [-0.3, -0.25) is 9.52 Å². The second-order valence-electron chi connectivity index (χ2n) is 10.9. The molecule has 0 bridgehead atoms. The van der Waals surface area contributed by atoms with E-state index in [-0.39, 0.29) is 17.5 Å². The molecule has 14 heteroatoms. The van der Waals surface area contributed by atoms with Crippen molar-refractivity contribution in [1.29, 1.82) is 0 Å². The van der Waals surface area contributed by atoms with Gasteiger partial charge in [-0.05, 0) is 67.8 Å². The predicted molar refractivity (Wildman–Crippen MR) is 179 cm³/mol. The number of anilines is 3.